The molecule has 1 N–H and O–H groups in total. The molecule has 0 fully saturated rings. The van der Waals surface area contributed by atoms with Crippen molar-refractivity contribution in [3.8, 4) is 0 Å². The fraction of sp³-hybridized carbons (Fsp3) is 0.500. The van der Waals surface area contributed by atoms with E-state index in [9.17, 15) is 28.2 Å². The van der Waals surface area contributed by atoms with Crippen LogP contribution in [0.2, 0.25) is 0 Å². The standard InChI is InChI=1S/C12H17.C4H6O7S.3K/c1-2-3-4-6-9-12-10-7-5-8-11-12;5-3(6)1-2(4(7)8)12(9,10)11;;;/h5,7-8,10H,2-4,6,9H2,1H3;2H,1H2,(H,5,6)(H,7,8)(H,9,10,11);;;/q-1;;3*+1/p-2. The van der Waals surface area contributed by atoms with Crippen molar-refractivity contribution < 1.29 is 187 Å². The van der Waals surface area contributed by atoms with Crippen LogP contribution in [0, 0.1) is 6.07 Å². The Kier molecular flexibility index (Phi) is 30.6. The minimum Gasteiger partial charge on any atom is -0.550 e. The van der Waals surface area contributed by atoms with Crippen molar-refractivity contribution >= 4 is 22.1 Å². The van der Waals surface area contributed by atoms with Crippen molar-refractivity contribution in [3.63, 3.8) is 0 Å². The van der Waals surface area contributed by atoms with Gasteiger partial charge >= 0.3 is 154 Å². The molecule has 0 aliphatic carbocycles. The molecule has 0 saturated heterocycles. The molecule has 11 heteroatoms. The van der Waals surface area contributed by atoms with Crippen LogP contribution in [-0.4, -0.2) is 30.2 Å². The normalized spacial score (nSPS) is 10.6. The molecule has 0 aromatic heterocycles. The van der Waals surface area contributed by atoms with E-state index in [-0.39, 0.29) is 154 Å². The number of aryl methyl sites for hydroxylation is 1. The number of carboxylic acid groups (broad SMARTS) is 2. The van der Waals surface area contributed by atoms with E-state index in [4.69, 9.17) is 4.55 Å². The van der Waals surface area contributed by atoms with Gasteiger partial charge in [-0.3, -0.25) is 4.55 Å². The van der Waals surface area contributed by atoms with E-state index >= 15 is 0 Å². The number of carboxylic acids is 2. The van der Waals surface area contributed by atoms with Crippen molar-refractivity contribution in [2.75, 3.05) is 0 Å². The molecule has 1 unspecified atom stereocenters. The molecule has 0 spiro atoms. The molecule has 0 aliphatic heterocycles. The fourth-order valence-electron chi connectivity index (χ4n) is 1.79. The van der Waals surface area contributed by atoms with Gasteiger partial charge < -0.3 is 19.8 Å². The van der Waals surface area contributed by atoms with Gasteiger partial charge in [0.1, 0.15) is 5.25 Å². The number of benzene rings is 1. The number of rotatable bonds is 9. The van der Waals surface area contributed by atoms with Crippen LogP contribution in [0.1, 0.15) is 44.6 Å². The monoisotopic (exact) mass is 474 g/mol. The van der Waals surface area contributed by atoms with Crippen molar-refractivity contribution in [3.05, 3.63) is 35.9 Å². The predicted molar refractivity (Wildman–Crippen MR) is 83.1 cm³/mol. The molecule has 1 aromatic carbocycles. The zero-order valence-corrected chi connectivity index (χ0v) is 26.6. The first-order valence-electron chi connectivity index (χ1n) is 7.51. The smallest absolute Gasteiger partial charge is 0.550 e. The predicted octanol–water partition coefficient (Wildman–Crippen LogP) is -9.25. The molecule has 27 heavy (non-hydrogen) atoms. The second kappa shape index (κ2) is 22.2. The number of carbonyl (C=O) groups excluding carboxylic acids is 2. The molecular formula is C16H21K3O7S. The summed E-state index contributed by atoms with van der Waals surface area (Å²) >= 11 is 0. The molecule has 0 saturated carbocycles. The van der Waals surface area contributed by atoms with E-state index < -0.39 is 33.7 Å². The van der Waals surface area contributed by atoms with Crippen LogP contribution < -0.4 is 164 Å². The maximum absolute atomic E-state index is 10.2. The molecule has 0 aliphatic rings. The van der Waals surface area contributed by atoms with Crippen molar-refractivity contribution in [1.82, 2.24) is 0 Å². The first kappa shape index (κ1) is 37.3. The summed E-state index contributed by atoms with van der Waals surface area (Å²) in [5.41, 5.74) is 1.36. The van der Waals surface area contributed by atoms with Crippen LogP contribution in [0.15, 0.2) is 24.3 Å². The Balaban J connectivity index is -0.000000176. The van der Waals surface area contributed by atoms with Crippen molar-refractivity contribution in [2.24, 2.45) is 0 Å². The van der Waals surface area contributed by atoms with E-state index in [2.05, 4.69) is 25.1 Å². The largest absolute Gasteiger partial charge is 1.00 e. The van der Waals surface area contributed by atoms with Crippen LogP contribution in [0.3, 0.4) is 0 Å². The molecule has 0 bridgehead atoms. The topological polar surface area (TPSA) is 135 Å². The SMILES string of the molecule is CCCCCCc1[c-]cccc1.O=C([O-])CC(C(=O)[O-])S(=O)(=O)O.[K+].[K+].[K+]. The Morgan fingerprint density at radius 1 is 1.11 bits per heavy atom. The van der Waals surface area contributed by atoms with Gasteiger partial charge in [0.05, 0.1) is 5.97 Å². The average Bonchev–Trinajstić information content (AvgIpc) is 2.49. The molecule has 0 amide bonds. The Morgan fingerprint density at radius 2 is 1.70 bits per heavy atom. The third-order valence-corrected chi connectivity index (χ3v) is 4.13. The van der Waals surface area contributed by atoms with Crippen molar-refractivity contribution in [2.45, 2.75) is 50.7 Å². The summed E-state index contributed by atoms with van der Waals surface area (Å²) in [4.78, 5) is 19.7. The molecular weight excluding hydrogens is 454 g/mol. The van der Waals surface area contributed by atoms with Gasteiger partial charge in [0, 0.05) is 12.4 Å². The Labute approximate surface area is 288 Å². The first-order chi connectivity index (χ1) is 11.2. The summed E-state index contributed by atoms with van der Waals surface area (Å²) in [7, 11) is -4.94. The van der Waals surface area contributed by atoms with Crippen LogP contribution in [0.5, 0.6) is 0 Å². The van der Waals surface area contributed by atoms with Gasteiger partial charge in [-0.05, 0) is 0 Å². The molecule has 0 radical (unpaired) electrons. The molecule has 136 valence electrons. The van der Waals surface area contributed by atoms with E-state index in [1.807, 2.05) is 12.1 Å². The van der Waals surface area contributed by atoms with Gasteiger partial charge in [-0.2, -0.15) is 44.3 Å². The fourth-order valence-corrected chi connectivity index (χ4v) is 2.38. The summed E-state index contributed by atoms with van der Waals surface area (Å²) < 4.78 is 28.5. The van der Waals surface area contributed by atoms with Gasteiger partial charge in [0.25, 0.3) is 10.1 Å². The number of carbonyl (C=O) groups is 2. The minimum atomic E-state index is -4.94. The van der Waals surface area contributed by atoms with Crippen LogP contribution in [0.25, 0.3) is 0 Å². The van der Waals surface area contributed by atoms with E-state index in [0.29, 0.717) is 0 Å². The second-order valence-electron chi connectivity index (χ2n) is 5.10. The summed E-state index contributed by atoms with van der Waals surface area (Å²) in [5, 5.41) is 17.3. The Morgan fingerprint density at radius 3 is 2.04 bits per heavy atom. The maximum atomic E-state index is 10.2. The van der Waals surface area contributed by atoms with Crippen molar-refractivity contribution in [1.29, 1.82) is 0 Å². The summed E-state index contributed by atoms with van der Waals surface area (Å²) in [6.45, 7) is 2.24. The van der Waals surface area contributed by atoms with Gasteiger partial charge in [0.15, 0.2) is 0 Å². The molecule has 7 nitrogen and oxygen atoms in total. The molecule has 0 heterocycles. The minimum absolute atomic E-state index is 0. The zero-order valence-electron chi connectivity index (χ0n) is 16.4. The third-order valence-electron chi connectivity index (χ3n) is 3.05. The van der Waals surface area contributed by atoms with Gasteiger partial charge in [0.2, 0.25) is 0 Å². The number of hydrogen-bond acceptors (Lipinski definition) is 6. The average molecular weight is 475 g/mol. The second-order valence-corrected chi connectivity index (χ2v) is 6.70. The summed E-state index contributed by atoms with van der Waals surface area (Å²) in [5.74, 6) is -4.08. The summed E-state index contributed by atoms with van der Waals surface area (Å²) in [6.07, 6.45) is 5.22. The molecule has 1 aromatic rings. The van der Waals surface area contributed by atoms with E-state index in [1.165, 1.54) is 37.7 Å². The first-order valence-corrected chi connectivity index (χ1v) is 9.01. The van der Waals surface area contributed by atoms with Crippen LogP contribution in [-0.2, 0) is 26.1 Å². The van der Waals surface area contributed by atoms with E-state index in [1.54, 1.807) is 0 Å². The Hall–Kier alpha value is 2.98. The third kappa shape index (κ3) is 22.0. The molecule has 1 rings (SSSR count). The van der Waals surface area contributed by atoms with Crippen LogP contribution in [0.4, 0.5) is 0 Å². The summed E-state index contributed by atoms with van der Waals surface area (Å²) in [6, 6.07) is 11.5. The van der Waals surface area contributed by atoms with Crippen LogP contribution >= 0.6 is 0 Å². The van der Waals surface area contributed by atoms with Gasteiger partial charge in [-0.25, -0.2) is 0 Å². The van der Waals surface area contributed by atoms with Gasteiger partial charge in [-0.1, -0.05) is 39.0 Å². The molecule has 1 atom stereocenters. The number of hydrogen-bond donors (Lipinski definition) is 1. The zero-order chi connectivity index (χ0) is 18.6. The quantitative estimate of drug-likeness (QED) is 0.162. The Bertz CT molecular complexity index is 610. The number of unbranched alkanes of at least 4 members (excludes halogenated alkanes) is 3. The van der Waals surface area contributed by atoms with E-state index in [0.717, 1.165) is 0 Å². The maximum Gasteiger partial charge on any atom is 1.00 e. The number of aliphatic carboxylic acids is 2. The van der Waals surface area contributed by atoms with Gasteiger partial charge in [-0.15, -0.1) is 0 Å².